The predicted octanol–water partition coefficient (Wildman–Crippen LogP) is 2.93. The summed E-state index contributed by atoms with van der Waals surface area (Å²) in [5.41, 5.74) is 7.25. The van der Waals surface area contributed by atoms with Crippen LogP contribution in [0.4, 0.5) is 0 Å². The molecule has 3 heteroatoms. The molecule has 2 aliphatic rings. The van der Waals surface area contributed by atoms with Crippen LogP contribution < -0.4 is 5.73 Å². The monoisotopic (exact) mass is 274 g/mol. The molecule has 1 aromatic carbocycles. The third kappa shape index (κ3) is 3.54. The van der Waals surface area contributed by atoms with Gasteiger partial charge in [0.25, 0.3) is 0 Å². The van der Waals surface area contributed by atoms with E-state index in [1.54, 1.807) is 0 Å². The first-order chi connectivity index (χ1) is 9.24. The summed E-state index contributed by atoms with van der Waals surface area (Å²) in [7, 11) is 0. The van der Waals surface area contributed by atoms with Crippen LogP contribution in [-0.2, 0) is 0 Å². The summed E-state index contributed by atoms with van der Waals surface area (Å²) in [6.07, 6.45) is 5.52. The summed E-state index contributed by atoms with van der Waals surface area (Å²) in [5, 5.41) is 0. The van der Waals surface area contributed by atoms with E-state index < -0.39 is 0 Å². The standard InChI is InChI=1S/C16H22N2S/c17-16(19)15(13-4-2-1-3-5-13)11-18(14-8-9-14)10-12-6-7-12/h1-5,12,14-15H,6-11H2,(H2,17,19). The lowest BCUT2D eigenvalue weighted by molar-refractivity contribution is 0.250. The highest BCUT2D eigenvalue weighted by Crippen LogP contribution is 2.36. The molecular weight excluding hydrogens is 252 g/mol. The number of thiocarbonyl (C=S) groups is 1. The maximum Gasteiger partial charge on any atom is 0.0816 e. The minimum Gasteiger partial charge on any atom is -0.393 e. The van der Waals surface area contributed by atoms with Crippen molar-refractivity contribution in [2.75, 3.05) is 13.1 Å². The number of nitrogens with two attached hydrogens (primary N) is 1. The van der Waals surface area contributed by atoms with Crippen LogP contribution in [0.25, 0.3) is 0 Å². The summed E-state index contributed by atoms with van der Waals surface area (Å²) < 4.78 is 0. The van der Waals surface area contributed by atoms with E-state index in [9.17, 15) is 0 Å². The molecule has 2 aliphatic carbocycles. The van der Waals surface area contributed by atoms with Gasteiger partial charge in [0.15, 0.2) is 0 Å². The lowest BCUT2D eigenvalue weighted by atomic mass is 9.98. The van der Waals surface area contributed by atoms with Crippen molar-refractivity contribution in [1.82, 2.24) is 4.90 Å². The zero-order chi connectivity index (χ0) is 13.2. The molecule has 3 rings (SSSR count). The molecule has 0 heterocycles. The fourth-order valence-corrected chi connectivity index (χ4v) is 2.93. The zero-order valence-electron chi connectivity index (χ0n) is 11.3. The summed E-state index contributed by atoms with van der Waals surface area (Å²) >= 11 is 5.30. The van der Waals surface area contributed by atoms with Crippen molar-refractivity contribution in [1.29, 1.82) is 0 Å². The third-order valence-corrected chi connectivity index (χ3v) is 4.50. The Kier molecular flexibility index (Phi) is 3.85. The highest BCUT2D eigenvalue weighted by atomic mass is 32.1. The van der Waals surface area contributed by atoms with Crippen molar-refractivity contribution in [3.63, 3.8) is 0 Å². The minimum absolute atomic E-state index is 0.204. The Hall–Kier alpha value is -0.930. The average Bonchev–Trinajstić information content (AvgIpc) is 3.27. The summed E-state index contributed by atoms with van der Waals surface area (Å²) in [6.45, 7) is 2.25. The van der Waals surface area contributed by atoms with Gasteiger partial charge in [-0.2, -0.15) is 0 Å². The molecule has 2 N–H and O–H groups in total. The first kappa shape index (κ1) is 13.1. The molecule has 1 aromatic rings. The lowest BCUT2D eigenvalue weighted by Gasteiger charge is -2.27. The smallest absolute Gasteiger partial charge is 0.0816 e. The number of benzene rings is 1. The fourth-order valence-electron chi connectivity index (χ4n) is 2.72. The van der Waals surface area contributed by atoms with Crippen molar-refractivity contribution in [3.05, 3.63) is 35.9 Å². The largest absolute Gasteiger partial charge is 0.393 e. The maximum atomic E-state index is 5.99. The quantitative estimate of drug-likeness (QED) is 0.775. The Bertz CT molecular complexity index is 437. The molecule has 0 bridgehead atoms. The van der Waals surface area contributed by atoms with Gasteiger partial charge >= 0.3 is 0 Å². The minimum atomic E-state index is 0.204. The number of rotatable bonds is 7. The van der Waals surface area contributed by atoms with Gasteiger partial charge in [-0.3, -0.25) is 4.90 Å². The third-order valence-electron chi connectivity index (χ3n) is 4.22. The van der Waals surface area contributed by atoms with Crippen LogP contribution in [-0.4, -0.2) is 29.0 Å². The SMILES string of the molecule is NC(=S)C(CN(CC1CC1)C1CC1)c1ccccc1. The molecule has 0 aliphatic heterocycles. The Labute approximate surface area is 121 Å². The van der Waals surface area contributed by atoms with Gasteiger partial charge in [-0.1, -0.05) is 42.5 Å². The van der Waals surface area contributed by atoms with E-state index in [1.807, 2.05) is 6.07 Å². The molecule has 1 unspecified atom stereocenters. The number of hydrogen-bond acceptors (Lipinski definition) is 2. The molecule has 0 radical (unpaired) electrons. The second kappa shape index (κ2) is 5.59. The number of hydrogen-bond donors (Lipinski definition) is 1. The van der Waals surface area contributed by atoms with E-state index in [0.29, 0.717) is 4.99 Å². The molecule has 1 atom stereocenters. The van der Waals surface area contributed by atoms with Crippen LogP contribution >= 0.6 is 12.2 Å². The molecule has 19 heavy (non-hydrogen) atoms. The van der Waals surface area contributed by atoms with E-state index in [-0.39, 0.29) is 5.92 Å². The van der Waals surface area contributed by atoms with Crippen molar-refractivity contribution in [2.24, 2.45) is 11.7 Å². The average molecular weight is 274 g/mol. The van der Waals surface area contributed by atoms with Crippen molar-refractivity contribution >= 4 is 17.2 Å². The van der Waals surface area contributed by atoms with Crippen LogP contribution in [0, 0.1) is 5.92 Å². The molecule has 102 valence electrons. The van der Waals surface area contributed by atoms with Crippen LogP contribution in [0.1, 0.15) is 37.2 Å². The Morgan fingerprint density at radius 2 is 1.89 bits per heavy atom. The van der Waals surface area contributed by atoms with Crippen LogP contribution in [0.5, 0.6) is 0 Å². The molecule has 2 fully saturated rings. The molecule has 0 saturated heterocycles. The maximum absolute atomic E-state index is 5.99. The molecule has 2 saturated carbocycles. The second-order valence-electron chi connectivity index (χ2n) is 5.99. The van der Waals surface area contributed by atoms with Gasteiger partial charge in [-0.15, -0.1) is 0 Å². The van der Waals surface area contributed by atoms with E-state index in [2.05, 4.69) is 29.2 Å². The van der Waals surface area contributed by atoms with Crippen LogP contribution in [0.15, 0.2) is 30.3 Å². The Balaban J connectivity index is 1.70. The van der Waals surface area contributed by atoms with Gasteiger partial charge in [0.1, 0.15) is 0 Å². The van der Waals surface area contributed by atoms with Crippen LogP contribution in [0.3, 0.4) is 0 Å². The fraction of sp³-hybridized carbons (Fsp3) is 0.562. The van der Waals surface area contributed by atoms with Crippen molar-refractivity contribution < 1.29 is 0 Å². The molecule has 0 amide bonds. The molecule has 0 spiro atoms. The normalized spacial score (nSPS) is 20.5. The molecule has 2 nitrogen and oxygen atoms in total. The second-order valence-corrected chi connectivity index (χ2v) is 6.47. The van der Waals surface area contributed by atoms with Gasteiger partial charge in [0, 0.05) is 25.0 Å². The van der Waals surface area contributed by atoms with Gasteiger partial charge in [0.2, 0.25) is 0 Å². The molecular formula is C16H22N2S. The first-order valence-corrected chi connectivity index (χ1v) is 7.73. The summed E-state index contributed by atoms with van der Waals surface area (Å²) in [6, 6.07) is 11.3. The first-order valence-electron chi connectivity index (χ1n) is 7.32. The van der Waals surface area contributed by atoms with E-state index in [4.69, 9.17) is 18.0 Å². The predicted molar refractivity (Wildman–Crippen MR) is 83.3 cm³/mol. The lowest BCUT2D eigenvalue weighted by Crippen LogP contribution is -2.36. The van der Waals surface area contributed by atoms with E-state index >= 15 is 0 Å². The number of nitrogens with zero attached hydrogens (tertiary/aromatic N) is 1. The van der Waals surface area contributed by atoms with Gasteiger partial charge in [0.05, 0.1) is 4.99 Å². The van der Waals surface area contributed by atoms with Gasteiger partial charge < -0.3 is 5.73 Å². The summed E-state index contributed by atoms with van der Waals surface area (Å²) in [4.78, 5) is 3.27. The topological polar surface area (TPSA) is 29.3 Å². The summed E-state index contributed by atoms with van der Waals surface area (Å²) in [5.74, 6) is 1.14. The molecule has 0 aromatic heterocycles. The highest BCUT2D eigenvalue weighted by Gasteiger charge is 2.35. The highest BCUT2D eigenvalue weighted by molar-refractivity contribution is 7.80. The Morgan fingerprint density at radius 3 is 2.42 bits per heavy atom. The zero-order valence-corrected chi connectivity index (χ0v) is 12.1. The van der Waals surface area contributed by atoms with E-state index in [1.165, 1.54) is 37.8 Å². The Morgan fingerprint density at radius 1 is 1.21 bits per heavy atom. The van der Waals surface area contributed by atoms with Crippen LogP contribution in [0.2, 0.25) is 0 Å². The van der Waals surface area contributed by atoms with Crippen molar-refractivity contribution in [2.45, 2.75) is 37.6 Å². The van der Waals surface area contributed by atoms with Gasteiger partial charge in [-0.05, 0) is 37.2 Å². The van der Waals surface area contributed by atoms with E-state index in [0.717, 1.165) is 18.5 Å². The van der Waals surface area contributed by atoms with Gasteiger partial charge in [-0.25, -0.2) is 0 Å². The van der Waals surface area contributed by atoms with Crippen molar-refractivity contribution in [3.8, 4) is 0 Å².